The Hall–Kier alpha value is -0.960. The van der Waals surface area contributed by atoms with Crippen LogP contribution in [-0.4, -0.2) is 29.5 Å². The predicted molar refractivity (Wildman–Crippen MR) is 92.0 cm³/mol. The summed E-state index contributed by atoms with van der Waals surface area (Å²) in [5, 5.41) is 3.77. The number of carbonyl (C=O) groups is 1. The molecule has 1 aliphatic rings. The molecule has 2 atom stereocenters. The van der Waals surface area contributed by atoms with Gasteiger partial charge < -0.3 is 11.1 Å². The number of hydrogen-bond acceptors (Lipinski definition) is 4. The van der Waals surface area contributed by atoms with Gasteiger partial charge in [-0.3, -0.25) is 4.79 Å². The maximum atomic E-state index is 12.4. The van der Waals surface area contributed by atoms with Crippen molar-refractivity contribution in [1.82, 2.24) is 5.32 Å². The Morgan fingerprint density at radius 2 is 2.38 bits per heavy atom. The third-order valence-corrected chi connectivity index (χ3v) is 6.07. The summed E-state index contributed by atoms with van der Waals surface area (Å²) in [6, 6.07) is 2.24. The van der Waals surface area contributed by atoms with E-state index in [0.717, 1.165) is 27.5 Å². The molecule has 1 aromatic rings. The van der Waals surface area contributed by atoms with Crippen molar-refractivity contribution < 1.29 is 4.79 Å². The second-order valence-corrected chi connectivity index (χ2v) is 7.70. The largest absolute Gasteiger partial charge is 0.347 e. The molecule has 0 aromatic carbocycles. The molecule has 0 aliphatic heterocycles. The first-order chi connectivity index (χ1) is 10.2. The van der Waals surface area contributed by atoms with Crippen molar-refractivity contribution >= 4 is 29.0 Å². The van der Waals surface area contributed by atoms with Gasteiger partial charge in [-0.2, -0.15) is 11.8 Å². The lowest BCUT2D eigenvalue weighted by molar-refractivity contribution is 0.0942. The van der Waals surface area contributed by atoms with E-state index in [1.165, 1.54) is 24.2 Å². The molecule has 21 heavy (non-hydrogen) atoms. The number of rotatable bonds is 4. The lowest BCUT2D eigenvalue weighted by atomic mass is 10.2. The van der Waals surface area contributed by atoms with E-state index in [9.17, 15) is 4.79 Å². The smallest absolute Gasteiger partial charge is 0.261 e. The van der Waals surface area contributed by atoms with Gasteiger partial charge in [0.25, 0.3) is 5.91 Å². The van der Waals surface area contributed by atoms with Crippen LogP contribution in [0.3, 0.4) is 0 Å². The summed E-state index contributed by atoms with van der Waals surface area (Å²) in [5.41, 5.74) is 6.45. The molecule has 1 saturated carbocycles. The number of thioether (sulfide) groups is 1. The maximum Gasteiger partial charge on any atom is 0.261 e. The maximum absolute atomic E-state index is 12.4. The average Bonchev–Trinajstić information content (AvgIpc) is 3.04. The minimum atomic E-state index is 0.0394. The number of aryl methyl sites for hydroxylation is 1. The highest BCUT2D eigenvalue weighted by atomic mass is 32.2. The number of nitrogens with two attached hydrogens (primary N) is 1. The van der Waals surface area contributed by atoms with Gasteiger partial charge in [0.05, 0.1) is 16.3 Å². The standard InChI is InChI=1S/C16H22N2OS2/c1-3-20-14-7-4-6-12(14)18-16(19)15-10-11(2)13(21-15)8-5-9-17/h10,12,14H,3-4,6-7,9,17H2,1-2H3,(H,18,19). The summed E-state index contributed by atoms with van der Waals surface area (Å²) in [6.45, 7) is 4.50. The number of amides is 1. The summed E-state index contributed by atoms with van der Waals surface area (Å²) >= 11 is 3.41. The van der Waals surface area contributed by atoms with Crippen LogP contribution in [0.15, 0.2) is 6.07 Å². The topological polar surface area (TPSA) is 55.1 Å². The third-order valence-electron chi connectivity index (χ3n) is 3.60. The van der Waals surface area contributed by atoms with Crippen LogP contribution in [0.1, 0.15) is 46.3 Å². The minimum Gasteiger partial charge on any atom is -0.347 e. The van der Waals surface area contributed by atoms with Crippen molar-refractivity contribution in [3.05, 3.63) is 21.4 Å². The summed E-state index contributed by atoms with van der Waals surface area (Å²) < 4.78 is 0. The van der Waals surface area contributed by atoms with Crippen molar-refractivity contribution in [3.8, 4) is 11.8 Å². The zero-order chi connectivity index (χ0) is 15.2. The van der Waals surface area contributed by atoms with E-state index < -0.39 is 0 Å². The third kappa shape index (κ3) is 4.26. The van der Waals surface area contributed by atoms with Crippen LogP contribution in [0.25, 0.3) is 0 Å². The molecule has 1 fully saturated rings. The van der Waals surface area contributed by atoms with Crippen molar-refractivity contribution in [2.45, 2.75) is 44.4 Å². The Morgan fingerprint density at radius 1 is 1.57 bits per heavy atom. The van der Waals surface area contributed by atoms with E-state index in [1.807, 2.05) is 24.8 Å². The Labute approximate surface area is 135 Å². The SMILES string of the molecule is CCSC1CCCC1NC(=O)c1cc(C)c(C#CCN)s1. The van der Waals surface area contributed by atoms with Crippen LogP contribution in [0, 0.1) is 18.8 Å². The average molecular weight is 322 g/mol. The fraction of sp³-hybridized carbons (Fsp3) is 0.562. The highest BCUT2D eigenvalue weighted by Crippen LogP contribution is 2.30. The normalized spacial score (nSPS) is 20.9. The second-order valence-electron chi connectivity index (χ2n) is 5.13. The fourth-order valence-corrected chi connectivity index (χ4v) is 4.74. The fourth-order valence-electron chi connectivity index (χ4n) is 2.59. The van der Waals surface area contributed by atoms with Gasteiger partial charge in [0, 0.05) is 11.3 Å². The molecular weight excluding hydrogens is 300 g/mol. The lowest BCUT2D eigenvalue weighted by Gasteiger charge is -2.19. The number of nitrogens with one attached hydrogen (secondary N) is 1. The Kier molecular flexibility index (Phi) is 6.16. The molecule has 2 unspecified atom stereocenters. The van der Waals surface area contributed by atoms with E-state index in [-0.39, 0.29) is 5.91 Å². The quantitative estimate of drug-likeness (QED) is 0.838. The van der Waals surface area contributed by atoms with Gasteiger partial charge in [-0.05, 0) is 37.1 Å². The number of thiophene rings is 1. The summed E-state index contributed by atoms with van der Waals surface area (Å²) in [4.78, 5) is 14.1. The molecular formula is C16H22N2OS2. The first kappa shape index (κ1) is 16.4. The molecule has 1 aromatic heterocycles. The van der Waals surface area contributed by atoms with Crippen molar-refractivity contribution in [3.63, 3.8) is 0 Å². The Balaban J connectivity index is 2.03. The minimum absolute atomic E-state index is 0.0394. The van der Waals surface area contributed by atoms with E-state index in [2.05, 4.69) is 24.1 Å². The van der Waals surface area contributed by atoms with E-state index >= 15 is 0 Å². The summed E-state index contributed by atoms with van der Waals surface area (Å²) in [7, 11) is 0. The molecule has 1 amide bonds. The Morgan fingerprint density at radius 3 is 3.10 bits per heavy atom. The molecule has 0 spiro atoms. The molecule has 0 bridgehead atoms. The van der Waals surface area contributed by atoms with Crippen LogP contribution in [-0.2, 0) is 0 Å². The number of carbonyl (C=O) groups excluding carboxylic acids is 1. The lowest BCUT2D eigenvalue weighted by Crippen LogP contribution is -2.38. The predicted octanol–water partition coefficient (Wildman–Crippen LogP) is 2.77. The molecule has 3 nitrogen and oxygen atoms in total. The molecule has 1 aliphatic carbocycles. The molecule has 0 saturated heterocycles. The van der Waals surface area contributed by atoms with Gasteiger partial charge in [-0.25, -0.2) is 0 Å². The highest BCUT2D eigenvalue weighted by molar-refractivity contribution is 7.99. The molecule has 5 heteroatoms. The van der Waals surface area contributed by atoms with Gasteiger partial charge >= 0.3 is 0 Å². The van der Waals surface area contributed by atoms with E-state index in [0.29, 0.717) is 17.8 Å². The summed E-state index contributed by atoms with van der Waals surface area (Å²) in [6.07, 6.45) is 3.51. The van der Waals surface area contributed by atoms with Crippen molar-refractivity contribution in [1.29, 1.82) is 0 Å². The van der Waals surface area contributed by atoms with Crippen LogP contribution in [0.2, 0.25) is 0 Å². The van der Waals surface area contributed by atoms with Crippen LogP contribution >= 0.6 is 23.1 Å². The van der Waals surface area contributed by atoms with E-state index in [4.69, 9.17) is 5.73 Å². The van der Waals surface area contributed by atoms with Gasteiger partial charge in [0.1, 0.15) is 0 Å². The van der Waals surface area contributed by atoms with Crippen LogP contribution in [0.4, 0.5) is 0 Å². The molecule has 1 heterocycles. The first-order valence-corrected chi connectivity index (χ1v) is 9.24. The van der Waals surface area contributed by atoms with Crippen LogP contribution < -0.4 is 11.1 Å². The highest BCUT2D eigenvalue weighted by Gasteiger charge is 2.29. The summed E-state index contributed by atoms with van der Waals surface area (Å²) in [5.74, 6) is 7.02. The second kappa shape index (κ2) is 7.88. The molecule has 114 valence electrons. The zero-order valence-corrected chi connectivity index (χ0v) is 14.2. The van der Waals surface area contributed by atoms with Crippen LogP contribution in [0.5, 0.6) is 0 Å². The zero-order valence-electron chi connectivity index (χ0n) is 12.6. The van der Waals surface area contributed by atoms with Gasteiger partial charge in [0.2, 0.25) is 0 Å². The van der Waals surface area contributed by atoms with E-state index in [1.54, 1.807) is 0 Å². The molecule has 0 radical (unpaired) electrons. The van der Waals surface area contributed by atoms with Gasteiger partial charge in [-0.15, -0.1) is 11.3 Å². The van der Waals surface area contributed by atoms with Gasteiger partial charge in [0.15, 0.2) is 0 Å². The molecule has 3 N–H and O–H groups in total. The van der Waals surface area contributed by atoms with Crippen molar-refractivity contribution in [2.75, 3.05) is 12.3 Å². The first-order valence-electron chi connectivity index (χ1n) is 7.37. The van der Waals surface area contributed by atoms with Gasteiger partial charge in [-0.1, -0.05) is 25.2 Å². The molecule has 2 rings (SSSR count). The van der Waals surface area contributed by atoms with Crippen molar-refractivity contribution in [2.24, 2.45) is 5.73 Å². The number of hydrogen-bond donors (Lipinski definition) is 2. The monoisotopic (exact) mass is 322 g/mol. The Bertz CT molecular complexity index is 556.